The first kappa shape index (κ1) is 17.4. The van der Waals surface area contributed by atoms with Gasteiger partial charge in [0.15, 0.2) is 11.5 Å². The van der Waals surface area contributed by atoms with Crippen LogP contribution >= 0.6 is 15.9 Å². The molecule has 128 valence electrons. The van der Waals surface area contributed by atoms with Gasteiger partial charge in [-0.05, 0) is 24.6 Å². The first-order valence-electron chi connectivity index (χ1n) is 7.96. The van der Waals surface area contributed by atoms with Crippen molar-refractivity contribution < 1.29 is 14.3 Å². The number of hydrogen-bond acceptors (Lipinski definition) is 5. The normalized spacial score (nSPS) is 19.0. The third-order valence-electron chi connectivity index (χ3n) is 3.99. The maximum Gasteiger partial charge on any atom is 0.355 e. The van der Waals surface area contributed by atoms with Crippen LogP contribution in [0.4, 0.5) is 0 Å². The molecular weight excluding hydrogens is 384 g/mol. The summed E-state index contributed by atoms with van der Waals surface area (Å²) in [5, 5.41) is 4.13. The van der Waals surface area contributed by atoms with E-state index in [-0.39, 0.29) is 18.1 Å². The lowest BCUT2D eigenvalue weighted by atomic mass is 9.84. The number of rotatable bonds is 5. The van der Waals surface area contributed by atoms with E-state index in [1.54, 1.807) is 19.1 Å². The maximum atomic E-state index is 12.9. The Morgan fingerprint density at radius 3 is 2.60 bits per heavy atom. The van der Waals surface area contributed by atoms with E-state index in [9.17, 15) is 9.59 Å². The third kappa shape index (κ3) is 3.64. The molecule has 0 saturated heterocycles. The third-order valence-corrected chi connectivity index (χ3v) is 4.48. The van der Waals surface area contributed by atoms with Crippen molar-refractivity contribution >= 4 is 33.4 Å². The highest BCUT2D eigenvalue weighted by Gasteiger charge is 2.41. The second kappa shape index (κ2) is 7.61. The molecule has 0 bridgehead atoms. The molecule has 6 heteroatoms. The van der Waals surface area contributed by atoms with Crippen molar-refractivity contribution in [2.45, 2.75) is 18.9 Å². The lowest BCUT2D eigenvalue weighted by Gasteiger charge is -2.20. The number of esters is 1. The second-order valence-electron chi connectivity index (χ2n) is 5.59. The average Bonchev–Trinajstić information content (AvgIpc) is 3.07. The summed E-state index contributed by atoms with van der Waals surface area (Å²) >= 11 is 3.44. The first-order valence-corrected chi connectivity index (χ1v) is 8.76. The molecule has 0 aromatic heterocycles. The van der Waals surface area contributed by atoms with Crippen LogP contribution in [0, 0.1) is 0 Å². The molecular formula is C19H17BrN2O3. The highest BCUT2D eigenvalue weighted by molar-refractivity contribution is 9.10. The predicted molar refractivity (Wildman–Crippen MR) is 98.6 cm³/mol. The number of hydrazone groups is 1. The summed E-state index contributed by atoms with van der Waals surface area (Å²) in [6.45, 7) is 1.99. The Morgan fingerprint density at radius 1 is 1.16 bits per heavy atom. The number of nitrogens with one attached hydrogen (secondary N) is 1. The van der Waals surface area contributed by atoms with Gasteiger partial charge < -0.3 is 4.74 Å². The Labute approximate surface area is 154 Å². The summed E-state index contributed by atoms with van der Waals surface area (Å²) in [5.74, 6) is -1.14. The van der Waals surface area contributed by atoms with Gasteiger partial charge in [0.1, 0.15) is 6.04 Å². The molecule has 0 fully saturated rings. The topological polar surface area (TPSA) is 67.8 Å². The van der Waals surface area contributed by atoms with Crippen LogP contribution < -0.4 is 5.43 Å². The van der Waals surface area contributed by atoms with Crippen LogP contribution in [0.5, 0.6) is 0 Å². The lowest BCUT2D eigenvalue weighted by molar-refractivity contribution is -0.135. The molecule has 0 aliphatic carbocycles. The molecule has 0 unspecified atom stereocenters. The van der Waals surface area contributed by atoms with E-state index in [2.05, 4.69) is 26.5 Å². The summed E-state index contributed by atoms with van der Waals surface area (Å²) in [7, 11) is 0. The van der Waals surface area contributed by atoms with Crippen molar-refractivity contribution in [1.82, 2.24) is 5.43 Å². The van der Waals surface area contributed by atoms with Gasteiger partial charge in [0.05, 0.1) is 12.5 Å². The van der Waals surface area contributed by atoms with Crippen molar-refractivity contribution in [2.75, 3.05) is 6.61 Å². The molecule has 2 aromatic carbocycles. The van der Waals surface area contributed by atoms with Gasteiger partial charge in [0, 0.05) is 10.0 Å². The Hall–Kier alpha value is -2.47. The summed E-state index contributed by atoms with van der Waals surface area (Å²) in [6, 6.07) is 15.8. The van der Waals surface area contributed by atoms with Crippen molar-refractivity contribution in [3.63, 3.8) is 0 Å². The highest BCUT2D eigenvalue weighted by atomic mass is 79.9. The van der Waals surface area contributed by atoms with Gasteiger partial charge in [-0.2, -0.15) is 5.10 Å². The monoisotopic (exact) mass is 400 g/mol. The van der Waals surface area contributed by atoms with Gasteiger partial charge in [-0.15, -0.1) is 0 Å². The number of carbonyl (C=O) groups is 2. The Morgan fingerprint density at radius 2 is 1.92 bits per heavy atom. The van der Waals surface area contributed by atoms with E-state index in [4.69, 9.17) is 4.74 Å². The van der Waals surface area contributed by atoms with E-state index in [0.717, 1.165) is 10.0 Å². The fourth-order valence-corrected chi connectivity index (χ4v) is 3.28. The zero-order chi connectivity index (χ0) is 17.8. The van der Waals surface area contributed by atoms with Gasteiger partial charge in [0.25, 0.3) is 0 Å². The molecule has 1 heterocycles. The molecule has 3 rings (SSSR count). The first-order chi connectivity index (χ1) is 12.1. The van der Waals surface area contributed by atoms with Crippen molar-refractivity contribution in [3.8, 4) is 0 Å². The number of Topliss-reactive ketones (excluding diaryl/α,β-unsaturated/α-hetero) is 1. The zero-order valence-electron chi connectivity index (χ0n) is 13.6. The lowest BCUT2D eigenvalue weighted by Crippen LogP contribution is -2.37. The van der Waals surface area contributed by atoms with Gasteiger partial charge >= 0.3 is 5.97 Å². The van der Waals surface area contributed by atoms with Crippen LogP contribution in [0.3, 0.4) is 0 Å². The minimum Gasteiger partial charge on any atom is -0.461 e. The largest absolute Gasteiger partial charge is 0.461 e. The number of nitrogens with zero attached hydrogens (tertiary/aromatic N) is 1. The minimum absolute atomic E-state index is 0.117. The number of carbonyl (C=O) groups excluding carboxylic acids is 2. The zero-order valence-corrected chi connectivity index (χ0v) is 15.2. The summed E-state index contributed by atoms with van der Waals surface area (Å²) in [5.41, 5.74) is 4.44. The SMILES string of the molecule is CCOC(=O)C1=NN[C@@H](C(=O)c2ccccc2)[C@@H]1c1cccc(Br)c1. The van der Waals surface area contributed by atoms with Gasteiger partial charge in [-0.3, -0.25) is 10.2 Å². The second-order valence-corrected chi connectivity index (χ2v) is 6.50. The molecule has 2 atom stereocenters. The molecule has 1 aliphatic rings. The number of hydrogen-bond donors (Lipinski definition) is 1. The highest BCUT2D eigenvalue weighted by Crippen LogP contribution is 2.30. The summed E-state index contributed by atoms with van der Waals surface area (Å²) < 4.78 is 5.98. The van der Waals surface area contributed by atoms with Gasteiger partial charge in [-0.1, -0.05) is 58.4 Å². The minimum atomic E-state index is -0.656. The summed E-state index contributed by atoms with van der Waals surface area (Å²) in [4.78, 5) is 25.2. The van der Waals surface area contributed by atoms with Crippen LogP contribution in [0.2, 0.25) is 0 Å². The number of ketones is 1. The predicted octanol–water partition coefficient (Wildman–Crippen LogP) is 3.31. The Balaban J connectivity index is 1.98. The number of ether oxygens (including phenoxy) is 1. The van der Waals surface area contributed by atoms with Crippen LogP contribution in [-0.4, -0.2) is 30.1 Å². The molecule has 1 aliphatic heterocycles. The Kier molecular flexibility index (Phi) is 5.28. The maximum absolute atomic E-state index is 12.9. The van der Waals surface area contributed by atoms with Crippen molar-refractivity contribution in [3.05, 3.63) is 70.2 Å². The van der Waals surface area contributed by atoms with E-state index >= 15 is 0 Å². The molecule has 25 heavy (non-hydrogen) atoms. The molecule has 0 spiro atoms. The van der Waals surface area contributed by atoms with Gasteiger partial charge in [-0.25, -0.2) is 4.79 Å². The molecule has 0 saturated carbocycles. The van der Waals surface area contributed by atoms with Gasteiger partial charge in [0.2, 0.25) is 0 Å². The molecule has 1 N–H and O–H groups in total. The Bertz CT molecular complexity index is 820. The van der Waals surface area contributed by atoms with Crippen LogP contribution in [0.25, 0.3) is 0 Å². The number of benzene rings is 2. The van der Waals surface area contributed by atoms with E-state index in [0.29, 0.717) is 5.56 Å². The molecule has 5 nitrogen and oxygen atoms in total. The van der Waals surface area contributed by atoms with Crippen molar-refractivity contribution in [2.24, 2.45) is 5.10 Å². The van der Waals surface area contributed by atoms with E-state index < -0.39 is 17.9 Å². The average molecular weight is 401 g/mol. The molecule has 0 radical (unpaired) electrons. The van der Waals surface area contributed by atoms with Crippen molar-refractivity contribution in [1.29, 1.82) is 0 Å². The van der Waals surface area contributed by atoms with Crippen LogP contribution in [0.15, 0.2) is 64.2 Å². The molecule has 2 aromatic rings. The quantitative estimate of drug-likeness (QED) is 0.617. The standard InChI is InChI=1S/C19H17BrN2O3/c1-2-25-19(24)17-15(13-9-6-10-14(20)11-13)16(21-22-17)18(23)12-7-4-3-5-8-12/h3-11,15-16,21H,2H2,1H3/t15-,16+/m0/s1. The van der Waals surface area contributed by atoms with E-state index in [1.165, 1.54) is 0 Å². The molecule has 0 amide bonds. The van der Waals surface area contributed by atoms with Crippen LogP contribution in [0.1, 0.15) is 28.8 Å². The van der Waals surface area contributed by atoms with E-state index in [1.807, 2.05) is 42.5 Å². The fraction of sp³-hybridized carbons (Fsp3) is 0.211. The number of halogens is 1. The summed E-state index contributed by atoms with van der Waals surface area (Å²) in [6.07, 6.45) is 0. The smallest absolute Gasteiger partial charge is 0.355 e. The van der Waals surface area contributed by atoms with Crippen LogP contribution in [-0.2, 0) is 9.53 Å². The fourth-order valence-electron chi connectivity index (χ4n) is 2.86.